The van der Waals surface area contributed by atoms with Crippen LogP contribution < -0.4 is 0 Å². The van der Waals surface area contributed by atoms with Crippen LogP contribution in [0.15, 0.2) is 53.6 Å². The molecule has 4 nitrogen and oxygen atoms in total. The maximum absolute atomic E-state index is 12.8. The van der Waals surface area contributed by atoms with Crippen LogP contribution in [0, 0.1) is 13.8 Å². The number of thioether (sulfide) groups is 1. The van der Waals surface area contributed by atoms with E-state index in [2.05, 4.69) is 17.1 Å². The van der Waals surface area contributed by atoms with Crippen LogP contribution in [0.1, 0.15) is 35.5 Å². The second-order valence-electron chi connectivity index (χ2n) is 8.62. The van der Waals surface area contributed by atoms with Gasteiger partial charge in [0, 0.05) is 32.7 Å². The highest BCUT2D eigenvalue weighted by atomic mass is 32.2. The third kappa shape index (κ3) is 4.59. The number of aliphatic carboxylic acids is 1. The molecule has 0 aliphatic carbocycles. The van der Waals surface area contributed by atoms with Crippen molar-refractivity contribution < 1.29 is 23.1 Å². The molecular weight excluding hydrogens is 481 g/mol. The molecule has 0 radical (unpaired) electrons. The van der Waals surface area contributed by atoms with E-state index in [4.69, 9.17) is 0 Å². The van der Waals surface area contributed by atoms with Gasteiger partial charge < -0.3 is 9.67 Å². The summed E-state index contributed by atoms with van der Waals surface area (Å²) in [5, 5.41) is 11.3. The summed E-state index contributed by atoms with van der Waals surface area (Å²) in [6.45, 7) is 7.24. The highest BCUT2D eigenvalue weighted by Crippen LogP contribution is 2.37. The van der Waals surface area contributed by atoms with Crippen molar-refractivity contribution in [1.82, 2.24) is 9.55 Å². The average molecular weight is 505 g/mol. The Morgan fingerprint density at radius 3 is 2.41 bits per heavy atom. The minimum atomic E-state index is -4.36. The Morgan fingerprint density at radius 2 is 1.79 bits per heavy atom. The van der Waals surface area contributed by atoms with Crippen LogP contribution in [0.2, 0.25) is 0 Å². The lowest BCUT2D eigenvalue weighted by molar-refractivity contribution is -0.145. The van der Waals surface area contributed by atoms with E-state index in [1.54, 1.807) is 30.2 Å². The summed E-state index contributed by atoms with van der Waals surface area (Å²) >= 11 is 3.13. The monoisotopic (exact) mass is 504 g/mol. The van der Waals surface area contributed by atoms with Crippen molar-refractivity contribution in [3.05, 3.63) is 70.4 Å². The van der Waals surface area contributed by atoms with E-state index < -0.39 is 23.2 Å². The summed E-state index contributed by atoms with van der Waals surface area (Å²) in [7, 11) is 0. The Bertz CT molecular complexity index is 1370. The van der Waals surface area contributed by atoms with Gasteiger partial charge in [-0.15, -0.1) is 23.1 Å². The van der Waals surface area contributed by atoms with Gasteiger partial charge in [0.2, 0.25) is 0 Å². The Balaban J connectivity index is 1.55. The molecule has 178 valence electrons. The minimum Gasteiger partial charge on any atom is -0.480 e. The normalized spacial score (nSPS) is 12.4. The number of carbonyl (C=O) groups is 1. The fourth-order valence-electron chi connectivity index (χ4n) is 3.75. The summed E-state index contributed by atoms with van der Waals surface area (Å²) in [6, 6.07) is 11.1. The van der Waals surface area contributed by atoms with Crippen molar-refractivity contribution in [2.24, 2.45) is 0 Å². The largest absolute Gasteiger partial charge is 0.480 e. The lowest BCUT2D eigenvalue weighted by atomic mass is 10.0. The number of fused-ring (bicyclic) bond motifs is 1. The number of rotatable bonds is 6. The molecule has 0 aliphatic heterocycles. The van der Waals surface area contributed by atoms with Crippen LogP contribution >= 0.6 is 23.1 Å². The fraction of sp³-hybridized carbons (Fsp3) is 0.280. The molecular formula is C25H23F3N2O2S2. The van der Waals surface area contributed by atoms with Gasteiger partial charge in [-0.3, -0.25) is 0 Å². The van der Waals surface area contributed by atoms with Gasteiger partial charge in [-0.05, 0) is 63.6 Å². The zero-order valence-corrected chi connectivity index (χ0v) is 20.7. The number of thiazole rings is 1. The molecule has 34 heavy (non-hydrogen) atoms. The van der Waals surface area contributed by atoms with Gasteiger partial charge in [0.15, 0.2) is 0 Å². The summed E-state index contributed by atoms with van der Waals surface area (Å²) < 4.78 is 40.3. The minimum absolute atomic E-state index is 0.664. The molecule has 4 aromatic rings. The first-order chi connectivity index (χ1) is 15.9. The lowest BCUT2D eigenvalue weighted by Gasteiger charge is -2.23. The SMILES string of the molecule is Cc1nc(-c2ccc(C(F)(F)F)cc2)sc1CSc1cc(C)c2c(ccn2C(C)(C)C(=O)O)c1. The van der Waals surface area contributed by atoms with Gasteiger partial charge in [0.25, 0.3) is 0 Å². The molecule has 2 aromatic heterocycles. The van der Waals surface area contributed by atoms with Gasteiger partial charge in [0.1, 0.15) is 10.5 Å². The van der Waals surface area contributed by atoms with E-state index in [0.717, 1.165) is 44.1 Å². The maximum Gasteiger partial charge on any atom is 0.416 e. The summed E-state index contributed by atoms with van der Waals surface area (Å²) in [5.74, 6) is -0.219. The third-order valence-electron chi connectivity index (χ3n) is 5.79. The van der Waals surface area contributed by atoms with Crippen LogP contribution in [-0.2, 0) is 22.3 Å². The van der Waals surface area contributed by atoms with Crippen LogP contribution in [0.3, 0.4) is 0 Å². The molecule has 2 heterocycles. The van der Waals surface area contributed by atoms with Crippen molar-refractivity contribution in [1.29, 1.82) is 0 Å². The molecule has 9 heteroatoms. The van der Waals surface area contributed by atoms with Gasteiger partial charge in [-0.25, -0.2) is 9.78 Å². The summed E-state index contributed by atoms with van der Waals surface area (Å²) in [5.41, 5.74) is 1.68. The number of carboxylic acids is 1. The van der Waals surface area contributed by atoms with Crippen LogP contribution in [0.25, 0.3) is 21.5 Å². The molecule has 0 fully saturated rings. The quantitative estimate of drug-likeness (QED) is 0.276. The van der Waals surface area contributed by atoms with Crippen molar-refractivity contribution in [2.45, 2.75) is 50.1 Å². The highest BCUT2D eigenvalue weighted by molar-refractivity contribution is 7.98. The average Bonchev–Trinajstić information content (AvgIpc) is 3.36. The number of aryl methyl sites for hydroxylation is 2. The molecule has 0 atom stereocenters. The highest BCUT2D eigenvalue weighted by Gasteiger charge is 2.31. The summed E-state index contributed by atoms with van der Waals surface area (Å²) in [4.78, 5) is 18.4. The number of nitrogens with zero attached hydrogens (tertiary/aromatic N) is 2. The smallest absolute Gasteiger partial charge is 0.416 e. The number of aromatic nitrogens is 2. The van der Waals surface area contributed by atoms with E-state index >= 15 is 0 Å². The van der Waals surface area contributed by atoms with Gasteiger partial charge in [-0.1, -0.05) is 12.1 Å². The molecule has 1 N–H and O–H groups in total. The second kappa shape index (κ2) is 8.78. The molecule has 2 aromatic carbocycles. The van der Waals surface area contributed by atoms with E-state index in [1.165, 1.54) is 23.5 Å². The standard InChI is InChI=1S/C25H23F3N2O2S2/c1-14-11-19(12-17-9-10-30(21(14)17)24(3,4)23(31)32)33-13-20-15(2)29-22(34-20)16-5-7-18(8-6-16)25(26,27)28/h5-12H,13H2,1-4H3,(H,31,32). The van der Waals surface area contributed by atoms with Gasteiger partial charge in [0.05, 0.1) is 16.8 Å². The Hall–Kier alpha value is -2.78. The summed E-state index contributed by atoms with van der Waals surface area (Å²) in [6.07, 6.45) is -2.55. The fourth-order valence-corrected chi connectivity index (χ4v) is 6.00. The van der Waals surface area contributed by atoms with Crippen molar-refractivity contribution in [3.63, 3.8) is 0 Å². The maximum atomic E-state index is 12.8. The van der Waals surface area contributed by atoms with Crippen LogP contribution in [0.4, 0.5) is 13.2 Å². The number of halogens is 3. The molecule has 0 spiro atoms. The molecule has 0 aliphatic rings. The van der Waals surface area contributed by atoms with E-state index in [-0.39, 0.29) is 0 Å². The molecule has 0 bridgehead atoms. The lowest BCUT2D eigenvalue weighted by Crippen LogP contribution is -2.35. The van der Waals surface area contributed by atoms with Crippen LogP contribution in [0.5, 0.6) is 0 Å². The predicted molar refractivity (Wildman–Crippen MR) is 130 cm³/mol. The first-order valence-electron chi connectivity index (χ1n) is 10.5. The van der Waals surface area contributed by atoms with E-state index in [9.17, 15) is 23.1 Å². The molecule has 0 amide bonds. The van der Waals surface area contributed by atoms with E-state index in [0.29, 0.717) is 16.3 Å². The number of hydrogen-bond donors (Lipinski definition) is 1. The Labute approximate surface area is 203 Å². The van der Waals surface area contributed by atoms with Crippen LogP contribution in [-0.4, -0.2) is 20.6 Å². The van der Waals surface area contributed by atoms with Crippen molar-refractivity contribution in [2.75, 3.05) is 0 Å². The molecule has 0 saturated heterocycles. The molecule has 4 rings (SSSR count). The molecule has 0 saturated carbocycles. The van der Waals surface area contributed by atoms with Gasteiger partial charge in [-0.2, -0.15) is 13.2 Å². The predicted octanol–water partition coefficient (Wildman–Crippen LogP) is 7.51. The number of alkyl halides is 3. The number of carboxylic acid groups (broad SMARTS) is 1. The zero-order chi connectivity index (χ0) is 24.8. The van der Waals surface area contributed by atoms with E-state index in [1.807, 2.05) is 26.1 Å². The van der Waals surface area contributed by atoms with Crippen molar-refractivity contribution in [3.8, 4) is 10.6 Å². The third-order valence-corrected chi connectivity index (χ3v) is 8.19. The Kier molecular flexibility index (Phi) is 6.29. The topological polar surface area (TPSA) is 55.1 Å². The number of benzene rings is 2. The van der Waals surface area contributed by atoms with Crippen molar-refractivity contribution >= 4 is 40.0 Å². The first-order valence-corrected chi connectivity index (χ1v) is 12.3. The first kappa shape index (κ1) is 24.3. The second-order valence-corrected chi connectivity index (χ2v) is 10.8. The van der Waals surface area contributed by atoms with Gasteiger partial charge >= 0.3 is 12.1 Å². The number of hydrogen-bond acceptors (Lipinski definition) is 4. The zero-order valence-electron chi connectivity index (χ0n) is 19.0. The molecule has 0 unspecified atom stereocenters. The Morgan fingerprint density at radius 1 is 1.12 bits per heavy atom.